The smallest absolute Gasteiger partial charge is 0.0950 e. The minimum atomic E-state index is 0.505. The maximum atomic E-state index is 4.59. The van der Waals surface area contributed by atoms with Crippen LogP contribution in [-0.4, -0.2) is 34.1 Å². The van der Waals surface area contributed by atoms with Crippen LogP contribution in [-0.2, 0) is 13.6 Å². The van der Waals surface area contributed by atoms with Crippen LogP contribution >= 0.6 is 0 Å². The summed E-state index contributed by atoms with van der Waals surface area (Å²) in [5.41, 5.74) is 2.67. The number of imidazole rings is 1. The van der Waals surface area contributed by atoms with Gasteiger partial charge in [-0.3, -0.25) is 4.90 Å². The van der Waals surface area contributed by atoms with Gasteiger partial charge in [-0.15, -0.1) is 0 Å². The van der Waals surface area contributed by atoms with E-state index in [0.29, 0.717) is 6.04 Å². The number of aryl methyl sites for hydroxylation is 1. The number of aromatic nitrogens is 2. The Morgan fingerprint density at radius 3 is 2.94 bits per heavy atom. The summed E-state index contributed by atoms with van der Waals surface area (Å²) in [4.78, 5) is 7.19. The van der Waals surface area contributed by atoms with E-state index in [9.17, 15) is 0 Å². The number of rotatable bonds is 1. The van der Waals surface area contributed by atoms with Crippen molar-refractivity contribution in [3.05, 3.63) is 17.7 Å². The van der Waals surface area contributed by atoms with Crippen LogP contribution < -0.4 is 5.32 Å². The van der Waals surface area contributed by atoms with E-state index < -0.39 is 0 Å². The van der Waals surface area contributed by atoms with Gasteiger partial charge in [-0.25, -0.2) is 4.98 Å². The van der Waals surface area contributed by atoms with E-state index in [-0.39, 0.29) is 0 Å². The first-order chi connectivity index (χ1) is 7.86. The Kier molecular flexibility index (Phi) is 2.69. The van der Waals surface area contributed by atoms with Crippen LogP contribution in [0.3, 0.4) is 0 Å². The van der Waals surface area contributed by atoms with Crippen LogP contribution in [0.4, 0.5) is 0 Å². The third-order valence-electron chi connectivity index (χ3n) is 3.87. The van der Waals surface area contributed by atoms with Crippen LogP contribution in [0, 0.1) is 0 Å². The van der Waals surface area contributed by atoms with Crippen molar-refractivity contribution >= 4 is 0 Å². The lowest BCUT2D eigenvalue weighted by atomic mass is 10.0. The Morgan fingerprint density at radius 1 is 1.31 bits per heavy atom. The zero-order chi connectivity index (χ0) is 11.0. The van der Waals surface area contributed by atoms with E-state index in [1.54, 1.807) is 0 Å². The second kappa shape index (κ2) is 4.18. The minimum Gasteiger partial charge on any atom is -0.336 e. The lowest BCUT2D eigenvalue weighted by Crippen LogP contribution is -2.42. The van der Waals surface area contributed by atoms with Gasteiger partial charge in [-0.05, 0) is 25.9 Å². The third kappa shape index (κ3) is 1.66. The summed E-state index contributed by atoms with van der Waals surface area (Å²) in [5, 5.41) is 3.51. The highest BCUT2D eigenvalue weighted by Gasteiger charge is 2.29. The standard InChI is InChI=1S/C12H20N4/c1-15-9-14-12-10(15)7-13-8-11(12)16-5-3-2-4-6-16/h9,11,13H,2-8H2,1H3. The molecule has 1 aromatic heterocycles. The van der Waals surface area contributed by atoms with Gasteiger partial charge < -0.3 is 9.88 Å². The van der Waals surface area contributed by atoms with Crippen molar-refractivity contribution in [2.75, 3.05) is 19.6 Å². The number of nitrogens with one attached hydrogen (secondary N) is 1. The van der Waals surface area contributed by atoms with Gasteiger partial charge in [-0.1, -0.05) is 6.42 Å². The van der Waals surface area contributed by atoms with E-state index in [4.69, 9.17) is 0 Å². The van der Waals surface area contributed by atoms with Crippen molar-refractivity contribution in [3.63, 3.8) is 0 Å². The van der Waals surface area contributed by atoms with E-state index in [1.807, 2.05) is 6.33 Å². The SMILES string of the molecule is Cn1cnc2c1CNCC2N1CCCCC1. The van der Waals surface area contributed by atoms with Gasteiger partial charge in [0.05, 0.1) is 23.8 Å². The molecule has 2 aliphatic heterocycles. The minimum absolute atomic E-state index is 0.505. The largest absolute Gasteiger partial charge is 0.336 e. The highest BCUT2D eigenvalue weighted by atomic mass is 15.2. The molecule has 4 heteroatoms. The normalized spacial score (nSPS) is 26.7. The highest BCUT2D eigenvalue weighted by molar-refractivity contribution is 5.20. The zero-order valence-electron chi connectivity index (χ0n) is 9.95. The van der Waals surface area contributed by atoms with Crippen molar-refractivity contribution in [2.24, 2.45) is 7.05 Å². The average Bonchev–Trinajstić information content (AvgIpc) is 2.73. The van der Waals surface area contributed by atoms with Gasteiger partial charge in [0.1, 0.15) is 0 Å². The lowest BCUT2D eigenvalue weighted by molar-refractivity contribution is 0.151. The number of likely N-dealkylation sites (tertiary alicyclic amines) is 1. The van der Waals surface area contributed by atoms with Gasteiger partial charge in [0.15, 0.2) is 0 Å². The summed E-state index contributed by atoms with van der Waals surface area (Å²) >= 11 is 0. The maximum Gasteiger partial charge on any atom is 0.0950 e. The molecule has 0 spiro atoms. The molecular formula is C12H20N4. The second-order valence-corrected chi connectivity index (χ2v) is 4.93. The Balaban J connectivity index is 1.86. The number of fused-ring (bicyclic) bond motifs is 1. The Morgan fingerprint density at radius 2 is 2.12 bits per heavy atom. The molecule has 0 amide bonds. The van der Waals surface area contributed by atoms with Gasteiger partial charge in [0, 0.05) is 20.1 Å². The summed E-state index contributed by atoms with van der Waals surface area (Å²) in [5.74, 6) is 0. The quantitative estimate of drug-likeness (QED) is 0.768. The molecule has 2 aliphatic rings. The predicted octanol–water partition coefficient (Wildman–Crippen LogP) is 1.05. The molecule has 1 fully saturated rings. The molecule has 3 rings (SSSR count). The van der Waals surface area contributed by atoms with E-state index in [1.165, 1.54) is 43.7 Å². The molecule has 0 aromatic carbocycles. The molecule has 1 N–H and O–H groups in total. The van der Waals surface area contributed by atoms with Gasteiger partial charge >= 0.3 is 0 Å². The fourth-order valence-corrected chi connectivity index (χ4v) is 2.92. The zero-order valence-corrected chi connectivity index (χ0v) is 9.95. The first kappa shape index (κ1) is 10.3. The number of piperidine rings is 1. The molecule has 4 nitrogen and oxygen atoms in total. The van der Waals surface area contributed by atoms with E-state index in [0.717, 1.165) is 13.1 Å². The summed E-state index contributed by atoms with van der Waals surface area (Å²) in [7, 11) is 2.09. The monoisotopic (exact) mass is 220 g/mol. The molecule has 0 bridgehead atoms. The van der Waals surface area contributed by atoms with Crippen molar-refractivity contribution < 1.29 is 0 Å². The molecule has 88 valence electrons. The molecule has 1 aromatic rings. The average molecular weight is 220 g/mol. The number of hydrogen-bond donors (Lipinski definition) is 1. The summed E-state index contributed by atoms with van der Waals surface area (Å²) in [6, 6.07) is 0.505. The van der Waals surface area contributed by atoms with Gasteiger partial charge in [0.25, 0.3) is 0 Å². The van der Waals surface area contributed by atoms with Crippen molar-refractivity contribution in [3.8, 4) is 0 Å². The number of nitrogens with zero attached hydrogens (tertiary/aromatic N) is 3. The van der Waals surface area contributed by atoms with Crippen molar-refractivity contribution in [1.29, 1.82) is 0 Å². The molecule has 0 saturated carbocycles. The molecule has 16 heavy (non-hydrogen) atoms. The Labute approximate surface area is 96.7 Å². The lowest BCUT2D eigenvalue weighted by Gasteiger charge is -2.36. The van der Waals surface area contributed by atoms with Crippen LogP contribution in [0.25, 0.3) is 0 Å². The second-order valence-electron chi connectivity index (χ2n) is 4.93. The predicted molar refractivity (Wildman–Crippen MR) is 63.1 cm³/mol. The fraction of sp³-hybridized carbons (Fsp3) is 0.750. The van der Waals surface area contributed by atoms with Gasteiger partial charge in [-0.2, -0.15) is 0 Å². The van der Waals surface area contributed by atoms with Crippen LogP contribution in [0.2, 0.25) is 0 Å². The van der Waals surface area contributed by atoms with E-state index >= 15 is 0 Å². The Bertz CT molecular complexity index is 365. The molecular weight excluding hydrogens is 200 g/mol. The summed E-state index contributed by atoms with van der Waals surface area (Å²) < 4.78 is 2.15. The van der Waals surface area contributed by atoms with Crippen LogP contribution in [0.15, 0.2) is 6.33 Å². The van der Waals surface area contributed by atoms with Crippen molar-refractivity contribution in [2.45, 2.75) is 31.8 Å². The van der Waals surface area contributed by atoms with E-state index in [2.05, 4.69) is 26.8 Å². The molecule has 1 unspecified atom stereocenters. The first-order valence-electron chi connectivity index (χ1n) is 6.31. The topological polar surface area (TPSA) is 33.1 Å². The number of hydrogen-bond acceptors (Lipinski definition) is 3. The molecule has 0 radical (unpaired) electrons. The first-order valence-corrected chi connectivity index (χ1v) is 6.31. The van der Waals surface area contributed by atoms with Crippen molar-refractivity contribution in [1.82, 2.24) is 19.8 Å². The Hall–Kier alpha value is -0.870. The molecule has 1 saturated heterocycles. The molecule has 1 atom stereocenters. The molecule has 0 aliphatic carbocycles. The van der Waals surface area contributed by atoms with Crippen LogP contribution in [0.1, 0.15) is 36.7 Å². The highest BCUT2D eigenvalue weighted by Crippen LogP contribution is 2.27. The summed E-state index contributed by atoms with van der Waals surface area (Å²) in [6.45, 7) is 4.50. The molecule has 3 heterocycles. The van der Waals surface area contributed by atoms with Crippen LogP contribution in [0.5, 0.6) is 0 Å². The summed E-state index contributed by atoms with van der Waals surface area (Å²) in [6.07, 6.45) is 6.04. The van der Waals surface area contributed by atoms with Gasteiger partial charge in [0.2, 0.25) is 0 Å². The third-order valence-corrected chi connectivity index (χ3v) is 3.87. The maximum absolute atomic E-state index is 4.59. The fourth-order valence-electron chi connectivity index (χ4n) is 2.92.